The quantitative estimate of drug-likeness (QED) is 0.218. The molecule has 1 aliphatic heterocycles. The van der Waals surface area contributed by atoms with Crippen molar-refractivity contribution in [2.75, 3.05) is 6.61 Å². The molecule has 1 aliphatic rings. The molecule has 0 amide bonds. The van der Waals surface area contributed by atoms with Gasteiger partial charge in [0, 0.05) is 16.9 Å². The summed E-state index contributed by atoms with van der Waals surface area (Å²) in [7, 11) is -2.15. The fourth-order valence-electron chi connectivity index (χ4n) is 3.88. The van der Waals surface area contributed by atoms with Crippen LogP contribution in [0.2, 0.25) is 28.2 Å². The molecule has 4 atom stereocenters. The topological polar surface area (TPSA) is 69.4 Å². The van der Waals surface area contributed by atoms with Gasteiger partial charge in [0.1, 0.15) is 23.3 Å². The Hall–Kier alpha value is -1.60. The fourth-order valence-corrected chi connectivity index (χ4v) is 6.38. The Bertz CT molecular complexity index is 1320. The second-order valence-corrected chi connectivity index (χ2v) is 17.9. The molecule has 212 valence electrons. The van der Waals surface area contributed by atoms with Crippen molar-refractivity contribution in [2.24, 2.45) is 0 Å². The molecule has 0 spiro atoms. The molecular formula is C26H30Cl2F3N3O3SSi. The van der Waals surface area contributed by atoms with Crippen LogP contribution in [0.4, 0.5) is 13.2 Å². The first kappa shape index (κ1) is 30.4. The van der Waals surface area contributed by atoms with Crippen LogP contribution in [0.1, 0.15) is 33.2 Å². The van der Waals surface area contributed by atoms with Crippen LogP contribution < -0.4 is 0 Å². The third-order valence-electron chi connectivity index (χ3n) is 7.24. The van der Waals surface area contributed by atoms with E-state index >= 15 is 0 Å². The van der Waals surface area contributed by atoms with E-state index < -0.39 is 49.5 Å². The van der Waals surface area contributed by atoms with Crippen molar-refractivity contribution in [1.29, 1.82) is 0 Å². The van der Waals surface area contributed by atoms with Gasteiger partial charge in [-0.1, -0.05) is 60.9 Å². The van der Waals surface area contributed by atoms with Crippen LogP contribution in [-0.4, -0.2) is 52.7 Å². The number of hydrogen-bond acceptors (Lipinski definition) is 6. The van der Waals surface area contributed by atoms with Crippen LogP contribution in [0.5, 0.6) is 0 Å². The fraction of sp³-hybridized carbons (Fsp3) is 0.462. The van der Waals surface area contributed by atoms with Gasteiger partial charge in [-0.25, -0.2) is 17.9 Å². The first-order chi connectivity index (χ1) is 18.2. The minimum Gasteiger partial charge on any atom is -0.414 e. The highest BCUT2D eigenvalue weighted by molar-refractivity contribution is 7.99. The molecule has 3 aromatic rings. The van der Waals surface area contributed by atoms with E-state index in [-0.39, 0.29) is 22.9 Å². The monoisotopic (exact) mass is 619 g/mol. The number of thioether (sulfide) groups is 1. The Labute approximate surface area is 240 Å². The Kier molecular flexibility index (Phi) is 9.12. The molecule has 1 fully saturated rings. The summed E-state index contributed by atoms with van der Waals surface area (Å²) in [5, 5.41) is 20.3. The van der Waals surface area contributed by atoms with Gasteiger partial charge in [-0.2, -0.15) is 0 Å². The first-order valence-corrected chi connectivity index (χ1v) is 16.9. The summed E-state index contributed by atoms with van der Waals surface area (Å²) in [5.74, 6) is -4.21. The lowest BCUT2D eigenvalue weighted by Crippen LogP contribution is -2.50. The normalized spacial score (nSPS) is 22.3. The molecule has 0 bridgehead atoms. The summed E-state index contributed by atoms with van der Waals surface area (Å²) in [5.41, 5.74) is -0.259. The molecule has 0 saturated carbocycles. The summed E-state index contributed by atoms with van der Waals surface area (Å²) >= 11 is 13.7. The molecule has 0 radical (unpaired) electrons. The lowest BCUT2D eigenvalue weighted by atomic mass is 10.00. The van der Waals surface area contributed by atoms with E-state index in [0.717, 1.165) is 17.0 Å². The van der Waals surface area contributed by atoms with Crippen molar-refractivity contribution in [3.63, 3.8) is 0 Å². The van der Waals surface area contributed by atoms with Crippen molar-refractivity contribution in [3.8, 4) is 11.3 Å². The van der Waals surface area contributed by atoms with E-state index in [2.05, 4.69) is 44.2 Å². The second kappa shape index (κ2) is 11.7. The highest BCUT2D eigenvalue weighted by Gasteiger charge is 2.43. The van der Waals surface area contributed by atoms with Crippen molar-refractivity contribution < 1.29 is 27.4 Å². The highest BCUT2D eigenvalue weighted by atomic mass is 35.5. The lowest BCUT2D eigenvalue weighted by molar-refractivity contribution is -0.128. The lowest BCUT2D eigenvalue weighted by Gasteiger charge is -2.42. The average molecular weight is 621 g/mol. The van der Waals surface area contributed by atoms with Crippen LogP contribution in [-0.2, 0) is 9.16 Å². The van der Waals surface area contributed by atoms with E-state index in [9.17, 15) is 18.3 Å². The van der Waals surface area contributed by atoms with Gasteiger partial charge in [-0.15, -0.1) is 5.10 Å². The van der Waals surface area contributed by atoms with Gasteiger partial charge in [0.2, 0.25) is 0 Å². The number of aliphatic hydroxyl groups excluding tert-OH is 1. The molecule has 39 heavy (non-hydrogen) atoms. The van der Waals surface area contributed by atoms with E-state index in [1.54, 1.807) is 12.1 Å². The van der Waals surface area contributed by atoms with E-state index in [1.165, 1.54) is 22.6 Å². The van der Waals surface area contributed by atoms with Crippen molar-refractivity contribution >= 4 is 43.3 Å². The average Bonchev–Trinajstić information content (AvgIpc) is 3.34. The Morgan fingerprint density at radius 3 is 2.41 bits per heavy atom. The van der Waals surface area contributed by atoms with Gasteiger partial charge < -0.3 is 14.3 Å². The van der Waals surface area contributed by atoms with Gasteiger partial charge in [-0.3, -0.25) is 0 Å². The molecule has 2 heterocycles. The summed E-state index contributed by atoms with van der Waals surface area (Å²) < 4.78 is 55.2. The molecule has 0 unspecified atom stereocenters. The molecule has 4 rings (SSSR count). The van der Waals surface area contributed by atoms with Crippen LogP contribution in [0.25, 0.3) is 11.3 Å². The summed E-state index contributed by atoms with van der Waals surface area (Å²) in [6, 6.07) is 6.38. The second-order valence-electron chi connectivity index (χ2n) is 11.0. The van der Waals surface area contributed by atoms with E-state index in [0.29, 0.717) is 16.5 Å². The number of aromatic nitrogens is 3. The summed E-state index contributed by atoms with van der Waals surface area (Å²) in [6.07, 6.45) is 0.0958. The molecular weight excluding hydrogens is 590 g/mol. The number of ether oxygens (including phenoxy) is 1. The third-order valence-corrected chi connectivity index (χ3v) is 13.6. The van der Waals surface area contributed by atoms with Crippen LogP contribution in [0.3, 0.4) is 0 Å². The maximum Gasteiger partial charge on any atom is 0.194 e. The van der Waals surface area contributed by atoms with Crippen molar-refractivity contribution in [3.05, 3.63) is 64.0 Å². The maximum atomic E-state index is 13.8. The summed E-state index contributed by atoms with van der Waals surface area (Å²) in [4.78, 5) is 0.824. The number of aliphatic hydroxyl groups is 1. The van der Waals surface area contributed by atoms with Crippen molar-refractivity contribution in [1.82, 2.24) is 15.0 Å². The zero-order valence-corrected chi connectivity index (χ0v) is 25.4. The number of rotatable bonds is 7. The summed E-state index contributed by atoms with van der Waals surface area (Å²) in [6.45, 7) is 10.8. The van der Waals surface area contributed by atoms with Gasteiger partial charge >= 0.3 is 0 Å². The molecule has 2 aromatic carbocycles. The first-order valence-electron chi connectivity index (χ1n) is 12.3. The number of halogens is 5. The number of nitrogens with zero attached hydrogens (tertiary/aromatic N) is 3. The predicted octanol–water partition coefficient (Wildman–Crippen LogP) is 7.50. The minimum absolute atomic E-state index is 0.0266. The Morgan fingerprint density at radius 2 is 1.79 bits per heavy atom. The SMILES string of the molecule is CC(C)(C)[Si](C)(C)OC[C@H]1O[C@H](Sc2ccc(Cl)c(Cl)c2)C[C@@H](n2cc(-c3cc(F)c(F)c(F)c3)nn2)[C@@H]1O. The number of benzene rings is 2. The Morgan fingerprint density at radius 1 is 1.13 bits per heavy atom. The van der Waals surface area contributed by atoms with Gasteiger partial charge in [0.15, 0.2) is 25.8 Å². The predicted molar refractivity (Wildman–Crippen MR) is 149 cm³/mol. The van der Waals surface area contributed by atoms with Gasteiger partial charge in [-0.05, 0) is 48.5 Å². The number of hydrogen-bond donors (Lipinski definition) is 1. The zero-order valence-electron chi connectivity index (χ0n) is 22.1. The van der Waals surface area contributed by atoms with Gasteiger partial charge in [0.05, 0.1) is 28.9 Å². The Balaban J connectivity index is 1.61. The molecule has 0 aliphatic carbocycles. The van der Waals surface area contributed by atoms with Crippen molar-refractivity contribution in [2.45, 2.75) is 73.9 Å². The minimum atomic E-state index is -2.15. The van der Waals surface area contributed by atoms with Gasteiger partial charge in [0.25, 0.3) is 0 Å². The van der Waals surface area contributed by atoms with Crippen LogP contribution >= 0.6 is 35.0 Å². The largest absolute Gasteiger partial charge is 0.414 e. The zero-order chi connectivity index (χ0) is 28.7. The smallest absolute Gasteiger partial charge is 0.194 e. The standard InChI is InChI=1S/C26H30Cl2F3N3O3SSi/c1-26(2,3)39(4,5)36-13-22-25(35)21(11-23(37-22)38-15-6-7-16(27)17(28)10-15)34-12-20(32-33-34)14-8-18(29)24(31)19(30)9-14/h6-10,12,21-23,25,35H,11,13H2,1-5H3/t21-,22-,23-,25+/m1/s1. The molecule has 13 heteroatoms. The highest BCUT2D eigenvalue weighted by Crippen LogP contribution is 2.41. The van der Waals surface area contributed by atoms with Crippen LogP contribution in [0.15, 0.2) is 41.4 Å². The van der Waals surface area contributed by atoms with Crippen LogP contribution in [0, 0.1) is 17.5 Å². The molecule has 1 aromatic heterocycles. The molecule has 6 nitrogen and oxygen atoms in total. The third kappa shape index (κ3) is 6.83. The van der Waals surface area contributed by atoms with E-state index in [4.69, 9.17) is 32.4 Å². The molecule has 1 saturated heterocycles. The maximum absolute atomic E-state index is 13.8. The molecule has 1 N–H and O–H groups in total. The van der Waals surface area contributed by atoms with E-state index in [1.807, 2.05) is 6.07 Å².